The first-order chi connectivity index (χ1) is 11.6. The van der Waals surface area contributed by atoms with E-state index in [2.05, 4.69) is 14.7 Å². The SMILES string of the molecule is COC(=O)c1cccc(C(=O)C(C#N)c2nc3ccccc3[nH]2)c1. The van der Waals surface area contributed by atoms with Crippen LogP contribution in [0.25, 0.3) is 11.0 Å². The number of Topliss-reactive ketones (excluding diaryl/α,β-unsaturated/α-hetero) is 1. The van der Waals surface area contributed by atoms with Gasteiger partial charge in [-0.1, -0.05) is 24.3 Å². The number of nitrogens with zero attached hydrogens (tertiary/aromatic N) is 2. The molecule has 24 heavy (non-hydrogen) atoms. The number of nitrogens with one attached hydrogen (secondary N) is 1. The van der Waals surface area contributed by atoms with Crippen LogP contribution in [0, 0.1) is 11.3 Å². The van der Waals surface area contributed by atoms with Gasteiger partial charge in [0.1, 0.15) is 5.82 Å². The van der Waals surface area contributed by atoms with Crippen molar-refractivity contribution in [3.63, 3.8) is 0 Å². The van der Waals surface area contributed by atoms with Gasteiger partial charge in [0.2, 0.25) is 0 Å². The number of imidazole rings is 1. The van der Waals surface area contributed by atoms with Crippen LogP contribution in [-0.4, -0.2) is 28.8 Å². The Hall–Kier alpha value is -3.46. The second kappa shape index (κ2) is 6.34. The zero-order valence-electron chi connectivity index (χ0n) is 12.8. The number of rotatable bonds is 4. The van der Waals surface area contributed by atoms with E-state index in [0.29, 0.717) is 5.52 Å². The fourth-order valence-corrected chi connectivity index (χ4v) is 2.44. The van der Waals surface area contributed by atoms with Crippen LogP contribution in [0.5, 0.6) is 0 Å². The smallest absolute Gasteiger partial charge is 0.337 e. The second-order valence-corrected chi connectivity index (χ2v) is 5.14. The molecule has 0 spiro atoms. The highest BCUT2D eigenvalue weighted by atomic mass is 16.5. The van der Waals surface area contributed by atoms with Crippen LogP contribution in [0.3, 0.4) is 0 Å². The number of esters is 1. The van der Waals surface area contributed by atoms with Crippen LogP contribution in [-0.2, 0) is 4.74 Å². The van der Waals surface area contributed by atoms with E-state index < -0.39 is 17.7 Å². The van der Waals surface area contributed by atoms with E-state index in [4.69, 9.17) is 0 Å². The van der Waals surface area contributed by atoms with E-state index in [0.717, 1.165) is 5.52 Å². The Morgan fingerprint density at radius 3 is 2.62 bits per heavy atom. The molecule has 6 heteroatoms. The number of para-hydroxylation sites is 2. The summed E-state index contributed by atoms with van der Waals surface area (Å²) in [7, 11) is 1.27. The first-order valence-corrected chi connectivity index (χ1v) is 7.21. The lowest BCUT2D eigenvalue weighted by Crippen LogP contribution is -2.13. The fraction of sp³-hybridized carbons (Fsp3) is 0.111. The van der Waals surface area contributed by atoms with E-state index in [1.165, 1.54) is 13.2 Å². The average Bonchev–Trinajstić information content (AvgIpc) is 3.05. The minimum Gasteiger partial charge on any atom is -0.465 e. The molecule has 0 saturated carbocycles. The quantitative estimate of drug-likeness (QED) is 0.589. The number of H-pyrrole nitrogens is 1. The van der Waals surface area contributed by atoms with Crippen LogP contribution in [0.1, 0.15) is 32.5 Å². The molecule has 0 bridgehead atoms. The molecular weight excluding hydrogens is 306 g/mol. The summed E-state index contributed by atoms with van der Waals surface area (Å²) >= 11 is 0. The second-order valence-electron chi connectivity index (χ2n) is 5.14. The number of aromatic nitrogens is 2. The molecule has 0 amide bonds. The largest absolute Gasteiger partial charge is 0.465 e. The molecule has 2 aromatic carbocycles. The summed E-state index contributed by atoms with van der Waals surface area (Å²) < 4.78 is 4.65. The number of carbonyl (C=O) groups excluding carboxylic acids is 2. The molecular formula is C18H13N3O3. The molecule has 6 nitrogen and oxygen atoms in total. The Kier molecular flexibility index (Phi) is 4.08. The summed E-state index contributed by atoms with van der Waals surface area (Å²) in [6.45, 7) is 0. The maximum atomic E-state index is 12.7. The van der Waals surface area contributed by atoms with Crippen LogP contribution in [0.4, 0.5) is 0 Å². The summed E-state index contributed by atoms with van der Waals surface area (Å²) in [5.41, 5.74) is 1.95. The van der Waals surface area contributed by atoms with Gasteiger partial charge in [-0.25, -0.2) is 9.78 Å². The lowest BCUT2D eigenvalue weighted by molar-refractivity contribution is 0.0600. The van der Waals surface area contributed by atoms with Crippen molar-refractivity contribution in [2.24, 2.45) is 0 Å². The summed E-state index contributed by atoms with van der Waals surface area (Å²) in [5, 5.41) is 9.44. The molecule has 1 unspecified atom stereocenters. The monoisotopic (exact) mass is 319 g/mol. The van der Waals surface area contributed by atoms with Gasteiger partial charge < -0.3 is 9.72 Å². The molecule has 0 saturated heterocycles. The van der Waals surface area contributed by atoms with Crippen molar-refractivity contribution in [2.75, 3.05) is 7.11 Å². The normalized spacial score (nSPS) is 11.7. The predicted molar refractivity (Wildman–Crippen MR) is 86.6 cm³/mol. The zero-order valence-corrected chi connectivity index (χ0v) is 12.8. The van der Waals surface area contributed by atoms with Crippen molar-refractivity contribution < 1.29 is 14.3 Å². The number of aromatic amines is 1. The van der Waals surface area contributed by atoms with Crippen molar-refractivity contribution in [1.82, 2.24) is 9.97 Å². The molecule has 0 aliphatic rings. The van der Waals surface area contributed by atoms with Gasteiger partial charge in [-0.05, 0) is 24.3 Å². The van der Waals surface area contributed by atoms with Crippen molar-refractivity contribution in [3.8, 4) is 6.07 Å². The molecule has 0 fully saturated rings. The van der Waals surface area contributed by atoms with Gasteiger partial charge in [-0.2, -0.15) is 5.26 Å². The number of methoxy groups -OCH3 is 1. The highest BCUT2D eigenvalue weighted by Gasteiger charge is 2.25. The predicted octanol–water partition coefficient (Wildman–Crippen LogP) is 2.84. The van der Waals surface area contributed by atoms with E-state index in [1.54, 1.807) is 24.3 Å². The Morgan fingerprint density at radius 2 is 1.92 bits per heavy atom. The lowest BCUT2D eigenvalue weighted by Gasteiger charge is -2.07. The van der Waals surface area contributed by atoms with E-state index in [9.17, 15) is 14.9 Å². The van der Waals surface area contributed by atoms with Crippen LogP contribution >= 0.6 is 0 Å². The summed E-state index contributed by atoms with van der Waals surface area (Å²) in [6.07, 6.45) is 0. The number of carbonyl (C=O) groups is 2. The van der Waals surface area contributed by atoms with Crippen molar-refractivity contribution in [2.45, 2.75) is 5.92 Å². The fourth-order valence-electron chi connectivity index (χ4n) is 2.44. The van der Waals surface area contributed by atoms with E-state index in [1.807, 2.05) is 24.3 Å². The van der Waals surface area contributed by atoms with Crippen LogP contribution in [0.15, 0.2) is 48.5 Å². The maximum absolute atomic E-state index is 12.7. The third kappa shape index (κ3) is 2.75. The zero-order chi connectivity index (χ0) is 17.1. The Balaban J connectivity index is 1.98. The number of hydrogen-bond donors (Lipinski definition) is 1. The highest BCUT2D eigenvalue weighted by molar-refractivity contribution is 6.04. The number of fused-ring (bicyclic) bond motifs is 1. The molecule has 1 N–H and O–H groups in total. The van der Waals surface area contributed by atoms with Gasteiger partial charge in [-0.3, -0.25) is 4.79 Å². The molecule has 1 atom stereocenters. The molecule has 1 aromatic heterocycles. The van der Waals surface area contributed by atoms with Crippen molar-refractivity contribution >= 4 is 22.8 Å². The maximum Gasteiger partial charge on any atom is 0.337 e. The van der Waals surface area contributed by atoms with Crippen LogP contribution in [0.2, 0.25) is 0 Å². The number of hydrogen-bond acceptors (Lipinski definition) is 5. The third-order valence-corrected chi connectivity index (χ3v) is 3.64. The topological polar surface area (TPSA) is 95.8 Å². The van der Waals surface area contributed by atoms with Gasteiger partial charge in [0.05, 0.1) is 29.8 Å². The van der Waals surface area contributed by atoms with Gasteiger partial charge in [0, 0.05) is 5.56 Å². The Bertz CT molecular complexity index is 936. The number of ketones is 1. The number of nitriles is 1. The Morgan fingerprint density at radius 1 is 1.17 bits per heavy atom. The molecule has 0 aliphatic carbocycles. The molecule has 1 heterocycles. The van der Waals surface area contributed by atoms with Gasteiger partial charge in [-0.15, -0.1) is 0 Å². The molecule has 3 rings (SSSR count). The van der Waals surface area contributed by atoms with Crippen LogP contribution < -0.4 is 0 Å². The van der Waals surface area contributed by atoms with Gasteiger partial charge in [0.25, 0.3) is 0 Å². The molecule has 0 aliphatic heterocycles. The first kappa shape index (κ1) is 15.4. The Labute approximate surface area is 137 Å². The van der Waals surface area contributed by atoms with Crippen molar-refractivity contribution in [1.29, 1.82) is 5.26 Å². The summed E-state index contributed by atoms with van der Waals surface area (Å²) in [4.78, 5) is 31.6. The highest BCUT2D eigenvalue weighted by Crippen LogP contribution is 2.22. The molecule has 0 radical (unpaired) electrons. The first-order valence-electron chi connectivity index (χ1n) is 7.21. The standard InChI is InChI=1S/C18H13N3O3/c1-24-18(23)12-6-4-5-11(9-12)16(22)13(10-19)17-20-14-7-2-3-8-15(14)21-17/h2-9,13H,1H3,(H,20,21). The minimum absolute atomic E-state index is 0.254. The van der Waals surface area contributed by atoms with Crippen molar-refractivity contribution in [3.05, 3.63) is 65.5 Å². The summed E-state index contributed by atoms with van der Waals surface area (Å²) in [6, 6.07) is 15.4. The summed E-state index contributed by atoms with van der Waals surface area (Å²) in [5.74, 6) is -1.76. The number of ether oxygens (including phenoxy) is 1. The number of benzene rings is 2. The van der Waals surface area contributed by atoms with E-state index in [-0.39, 0.29) is 17.0 Å². The third-order valence-electron chi connectivity index (χ3n) is 3.64. The molecule has 118 valence electrons. The lowest BCUT2D eigenvalue weighted by atomic mass is 9.97. The van der Waals surface area contributed by atoms with Gasteiger partial charge >= 0.3 is 5.97 Å². The minimum atomic E-state index is -1.08. The molecule has 3 aromatic rings. The van der Waals surface area contributed by atoms with Gasteiger partial charge in [0.15, 0.2) is 11.7 Å². The van der Waals surface area contributed by atoms with E-state index >= 15 is 0 Å². The average molecular weight is 319 g/mol.